The molecule has 1 atom stereocenters. The molecule has 1 unspecified atom stereocenters. The zero-order valence-corrected chi connectivity index (χ0v) is 12.3. The van der Waals surface area contributed by atoms with E-state index in [4.69, 9.17) is 0 Å². The molecular formula is C16H20OSi. The first-order chi connectivity index (χ1) is 8.51. The zero-order chi connectivity index (χ0) is 13.2. The number of ketones is 1. The molecule has 0 N–H and O–H groups in total. The monoisotopic (exact) mass is 256 g/mol. The van der Waals surface area contributed by atoms with Crippen molar-refractivity contribution in [1.82, 2.24) is 0 Å². The summed E-state index contributed by atoms with van der Waals surface area (Å²) in [7, 11) is -1.49. The van der Waals surface area contributed by atoms with Crippen LogP contribution in [0.3, 0.4) is 0 Å². The Morgan fingerprint density at radius 1 is 1.22 bits per heavy atom. The van der Waals surface area contributed by atoms with Crippen molar-refractivity contribution >= 4 is 19.0 Å². The second kappa shape index (κ2) is 5.07. The largest absolute Gasteiger partial charge is 0.295 e. The molecule has 18 heavy (non-hydrogen) atoms. The van der Waals surface area contributed by atoms with Crippen LogP contribution >= 0.6 is 0 Å². The van der Waals surface area contributed by atoms with Crippen LogP contribution in [0, 0.1) is 0 Å². The van der Waals surface area contributed by atoms with E-state index in [0.717, 1.165) is 12.0 Å². The Balaban J connectivity index is 2.20. The molecule has 0 bridgehead atoms. The summed E-state index contributed by atoms with van der Waals surface area (Å²) in [5.74, 6) is 0.170. The van der Waals surface area contributed by atoms with Gasteiger partial charge in [0.05, 0.1) is 8.07 Å². The van der Waals surface area contributed by atoms with Crippen LogP contribution in [-0.2, 0) is 4.79 Å². The van der Waals surface area contributed by atoms with Gasteiger partial charge in [-0.3, -0.25) is 4.79 Å². The highest BCUT2D eigenvalue weighted by atomic mass is 28.3. The Hall–Kier alpha value is -1.41. The molecular weight excluding hydrogens is 236 g/mol. The number of carbonyl (C=O) groups is 1. The molecule has 2 heteroatoms. The second-order valence-corrected chi connectivity index (χ2v) is 10.3. The van der Waals surface area contributed by atoms with Gasteiger partial charge < -0.3 is 0 Å². The summed E-state index contributed by atoms with van der Waals surface area (Å²) < 4.78 is 0. The molecule has 1 aliphatic rings. The Bertz CT molecular complexity index is 497. The molecule has 0 saturated carbocycles. The molecule has 0 heterocycles. The van der Waals surface area contributed by atoms with Crippen molar-refractivity contribution in [2.75, 3.05) is 0 Å². The Morgan fingerprint density at radius 3 is 2.39 bits per heavy atom. The Kier molecular flexibility index (Phi) is 3.67. The fourth-order valence-electron chi connectivity index (χ4n) is 2.50. The first-order valence-corrected chi connectivity index (χ1v) is 9.54. The van der Waals surface area contributed by atoms with Gasteiger partial charge >= 0.3 is 0 Å². The Morgan fingerprint density at radius 2 is 1.89 bits per heavy atom. The molecule has 94 valence electrons. The molecule has 1 nitrogen and oxygen atoms in total. The fraction of sp³-hybridized carbons (Fsp3) is 0.312. The number of rotatable bonds is 3. The lowest BCUT2D eigenvalue weighted by atomic mass is 10.0. The molecule has 1 aliphatic carbocycles. The molecule has 0 saturated heterocycles. The topological polar surface area (TPSA) is 17.1 Å². The van der Waals surface area contributed by atoms with Crippen molar-refractivity contribution < 1.29 is 4.79 Å². The summed E-state index contributed by atoms with van der Waals surface area (Å²) in [6.45, 7) is 6.45. The smallest absolute Gasteiger partial charge is 0.159 e. The van der Waals surface area contributed by atoms with Crippen LogP contribution in [0.2, 0.25) is 18.6 Å². The summed E-state index contributed by atoms with van der Waals surface area (Å²) in [5, 5.41) is 1.49. The summed E-state index contributed by atoms with van der Waals surface area (Å²) in [6.07, 6.45) is 7.36. The molecule has 1 aromatic rings. The van der Waals surface area contributed by atoms with Gasteiger partial charge in [0, 0.05) is 5.57 Å². The SMILES string of the molecule is CC(=O)C1=CCC([Si](C)(C)c2ccccc2)C=C1. The van der Waals surface area contributed by atoms with E-state index in [9.17, 15) is 4.79 Å². The van der Waals surface area contributed by atoms with Gasteiger partial charge in [-0.25, -0.2) is 0 Å². The third kappa shape index (κ3) is 2.54. The molecule has 0 aromatic heterocycles. The van der Waals surface area contributed by atoms with E-state index < -0.39 is 8.07 Å². The zero-order valence-electron chi connectivity index (χ0n) is 11.3. The lowest BCUT2D eigenvalue weighted by Gasteiger charge is -2.32. The fourth-order valence-corrected chi connectivity index (χ4v) is 5.26. The lowest BCUT2D eigenvalue weighted by Crippen LogP contribution is -2.45. The van der Waals surface area contributed by atoms with Gasteiger partial charge in [0.15, 0.2) is 5.78 Å². The van der Waals surface area contributed by atoms with Crippen molar-refractivity contribution in [3.63, 3.8) is 0 Å². The minimum Gasteiger partial charge on any atom is -0.295 e. The molecule has 0 aliphatic heterocycles. The van der Waals surface area contributed by atoms with E-state index in [1.165, 1.54) is 5.19 Å². The lowest BCUT2D eigenvalue weighted by molar-refractivity contribution is -0.113. The number of benzene rings is 1. The molecule has 0 spiro atoms. The van der Waals surface area contributed by atoms with Crippen LogP contribution in [0.25, 0.3) is 0 Å². The predicted octanol–water partition coefficient (Wildman–Crippen LogP) is 3.45. The number of carbonyl (C=O) groups excluding carboxylic acids is 1. The van der Waals surface area contributed by atoms with Gasteiger partial charge in [-0.1, -0.05) is 66.8 Å². The Labute approximate surface area is 110 Å². The summed E-state index contributed by atoms with van der Waals surface area (Å²) in [6, 6.07) is 10.8. The normalized spacial score (nSPS) is 19.5. The van der Waals surface area contributed by atoms with Gasteiger partial charge in [-0.05, 0) is 18.9 Å². The number of Topliss-reactive ketones (excluding diaryl/α,β-unsaturated/α-hetero) is 1. The van der Waals surface area contributed by atoms with Crippen molar-refractivity contribution in [1.29, 1.82) is 0 Å². The maximum atomic E-state index is 11.3. The average molecular weight is 256 g/mol. The molecule has 2 rings (SSSR count). The van der Waals surface area contributed by atoms with Crippen molar-refractivity contribution in [2.45, 2.75) is 32.0 Å². The van der Waals surface area contributed by atoms with Gasteiger partial charge in [0.25, 0.3) is 0 Å². The molecule has 0 amide bonds. The molecule has 0 fully saturated rings. The van der Waals surface area contributed by atoms with Crippen LogP contribution in [-0.4, -0.2) is 13.9 Å². The number of hydrogen-bond donors (Lipinski definition) is 0. The highest BCUT2D eigenvalue weighted by Gasteiger charge is 2.32. The van der Waals surface area contributed by atoms with E-state index >= 15 is 0 Å². The maximum Gasteiger partial charge on any atom is 0.159 e. The quantitative estimate of drug-likeness (QED) is 0.757. The first-order valence-electron chi connectivity index (χ1n) is 6.46. The summed E-state index contributed by atoms with van der Waals surface area (Å²) in [4.78, 5) is 11.3. The van der Waals surface area contributed by atoms with Crippen LogP contribution in [0.4, 0.5) is 0 Å². The standard InChI is InChI=1S/C16H20OSi/c1-13(17)14-9-11-16(12-10-14)18(2,3)15-7-5-4-6-8-15/h4-11,16H,12H2,1-3H3. The van der Waals surface area contributed by atoms with Gasteiger partial charge in [-0.15, -0.1) is 0 Å². The van der Waals surface area contributed by atoms with Crippen LogP contribution in [0.1, 0.15) is 13.3 Å². The third-order valence-corrected chi connectivity index (χ3v) is 8.05. The average Bonchev–Trinajstić information content (AvgIpc) is 2.40. The predicted molar refractivity (Wildman–Crippen MR) is 79.8 cm³/mol. The van der Waals surface area contributed by atoms with Gasteiger partial charge in [0.1, 0.15) is 0 Å². The van der Waals surface area contributed by atoms with E-state index in [1.54, 1.807) is 6.92 Å². The van der Waals surface area contributed by atoms with E-state index in [0.29, 0.717) is 5.54 Å². The van der Waals surface area contributed by atoms with Crippen LogP contribution < -0.4 is 5.19 Å². The minimum atomic E-state index is -1.49. The molecule has 1 aromatic carbocycles. The van der Waals surface area contributed by atoms with E-state index in [2.05, 4.69) is 55.6 Å². The summed E-state index contributed by atoms with van der Waals surface area (Å²) in [5.41, 5.74) is 1.45. The summed E-state index contributed by atoms with van der Waals surface area (Å²) >= 11 is 0. The van der Waals surface area contributed by atoms with E-state index in [1.807, 2.05) is 6.08 Å². The van der Waals surface area contributed by atoms with Gasteiger partial charge in [0.2, 0.25) is 0 Å². The highest BCUT2D eigenvalue weighted by Crippen LogP contribution is 2.31. The van der Waals surface area contributed by atoms with Crippen molar-refractivity contribution in [3.8, 4) is 0 Å². The minimum absolute atomic E-state index is 0.170. The van der Waals surface area contributed by atoms with Crippen molar-refractivity contribution in [3.05, 3.63) is 54.1 Å². The second-order valence-electron chi connectivity index (χ2n) is 5.50. The van der Waals surface area contributed by atoms with Crippen LogP contribution in [0.5, 0.6) is 0 Å². The third-order valence-electron chi connectivity index (χ3n) is 3.95. The van der Waals surface area contributed by atoms with E-state index in [-0.39, 0.29) is 5.78 Å². The highest BCUT2D eigenvalue weighted by molar-refractivity contribution is 6.91. The number of hydrogen-bond acceptors (Lipinski definition) is 1. The molecule has 0 radical (unpaired) electrons. The maximum absolute atomic E-state index is 11.3. The van der Waals surface area contributed by atoms with Crippen molar-refractivity contribution in [2.24, 2.45) is 0 Å². The first kappa shape index (κ1) is 13.0. The van der Waals surface area contributed by atoms with Crippen LogP contribution in [0.15, 0.2) is 54.1 Å². The van der Waals surface area contributed by atoms with Gasteiger partial charge in [-0.2, -0.15) is 0 Å². The number of allylic oxidation sites excluding steroid dienone is 4.